The van der Waals surface area contributed by atoms with E-state index in [-0.39, 0.29) is 24.3 Å². The molecule has 1 aliphatic rings. The molecule has 0 spiro atoms. The van der Waals surface area contributed by atoms with Crippen molar-refractivity contribution in [2.24, 2.45) is 0 Å². The number of hydrogen-bond acceptors (Lipinski definition) is 6. The molecule has 0 atom stereocenters. The fraction of sp³-hybridized carbons (Fsp3) is 0.550. The van der Waals surface area contributed by atoms with Gasteiger partial charge in [-0.1, -0.05) is 31.1 Å². The van der Waals surface area contributed by atoms with Gasteiger partial charge >= 0.3 is 0 Å². The molecule has 1 saturated heterocycles. The van der Waals surface area contributed by atoms with Crippen LogP contribution in [0.25, 0.3) is 0 Å². The maximum atomic E-state index is 12.8. The van der Waals surface area contributed by atoms with E-state index in [1.54, 1.807) is 23.1 Å². The lowest BCUT2D eigenvalue weighted by molar-refractivity contribution is -0.130. The Morgan fingerprint density at radius 1 is 1.31 bits per heavy atom. The average Bonchev–Trinajstić information content (AvgIpc) is 3.15. The molecule has 1 aromatic carbocycles. The monoisotopic (exact) mass is 420 g/mol. The zero-order valence-electron chi connectivity index (χ0n) is 17.3. The van der Waals surface area contributed by atoms with Gasteiger partial charge in [-0.15, -0.1) is 0 Å². The Bertz CT molecular complexity index is 962. The third kappa shape index (κ3) is 5.14. The number of carbonyl (C=O) groups excluding carboxylic acids is 1. The van der Waals surface area contributed by atoms with Crippen molar-refractivity contribution in [2.75, 3.05) is 30.2 Å². The molecule has 2 heterocycles. The molecule has 158 valence electrons. The van der Waals surface area contributed by atoms with Gasteiger partial charge < -0.3 is 9.42 Å². The lowest BCUT2D eigenvalue weighted by Gasteiger charge is -2.32. The van der Waals surface area contributed by atoms with Crippen LogP contribution in [0, 0.1) is 6.92 Å². The maximum Gasteiger partial charge on any atom is 0.243 e. The molecule has 1 aromatic heterocycles. The van der Waals surface area contributed by atoms with Gasteiger partial charge in [0.05, 0.1) is 11.9 Å². The molecule has 3 rings (SSSR count). The van der Waals surface area contributed by atoms with E-state index in [0.29, 0.717) is 30.5 Å². The van der Waals surface area contributed by atoms with Crippen LogP contribution in [-0.4, -0.2) is 55.3 Å². The summed E-state index contributed by atoms with van der Waals surface area (Å²) in [5.41, 5.74) is 1.44. The first-order valence-electron chi connectivity index (χ1n) is 9.81. The zero-order chi connectivity index (χ0) is 21.2. The quantitative estimate of drug-likeness (QED) is 0.713. The van der Waals surface area contributed by atoms with Crippen molar-refractivity contribution in [2.45, 2.75) is 45.4 Å². The third-order valence-electron chi connectivity index (χ3n) is 5.14. The number of piperidine rings is 1. The van der Waals surface area contributed by atoms with Crippen molar-refractivity contribution >= 4 is 21.6 Å². The number of benzene rings is 1. The first kappa shape index (κ1) is 21.3. The molecular weight excluding hydrogens is 392 g/mol. The van der Waals surface area contributed by atoms with E-state index in [1.165, 1.54) is 4.31 Å². The summed E-state index contributed by atoms with van der Waals surface area (Å²) in [7, 11) is -3.58. The molecular formula is C20H28N4O4S. The summed E-state index contributed by atoms with van der Waals surface area (Å²) in [6.45, 7) is 6.78. The third-order valence-corrected chi connectivity index (χ3v) is 6.28. The number of carbonyl (C=O) groups is 1. The molecule has 1 amide bonds. The predicted octanol–water partition coefficient (Wildman–Crippen LogP) is 2.67. The van der Waals surface area contributed by atoms with Gasteiger partial charge in [-0.2, -0.15) is 4.98 Å². The van der Waals surface area contributed by atoms with Crippen LogP contribution in [0.5, 0.6) is 0 Å². The summed E-state index contributed by atoms with van der Waals surface area (Å²) in [6, 6.07) is 7.14. The van der Waals surface area contributed by atoms with E-state index in [9.17, 15) is 13.2 Å². The number of aryl methyl sites for hydroxylation is 1. The second kappa shape index (κ2) is 8.52. The maximum absolute atomic E-state index is 12.8. The largest absolute Gasteiger partial charge is 0.341 e. The Kier molecular flexibility index (Phi) is 6.26. The van der Waals surface area contributed by atoms with Crippen LogP contribution < -0.4 is 4.31 Å². The molecule has 0 saturated carbocycles. The number of rotatable bonds is 6. The van der Waals surface area contributed by atoms with Crippen LogP contribution in [0.2, 0.25) is 0 Å². The molecule has 1 fully saturated rings. The van der Waals surface area contributed by atoms with Gasteiger partial charge in [0.1, 0.15) is 6.54 Å². The highest BCUT2D eigenvalue weighted by molar-refractivity contribution is 7.92. The van der Waals surface area contributed by atoms with Crippen molar-refractivity contribution in [3.63, 3.8) is 0 Å². The second-order valence-corrected chi connectivity index (χ2v) is 9.82. The fourth-order valence-electron chi connectivity index (χ4n) is 3.43. The van der Waals surface area contributed by atoms with Crippen molar-refractivity contribution in [1.82, 2.24) is 15.0 Å². The van der Waals surface area contributed by atoms with Crippen LogP contribution >= 0.6 is 0 Å². The van der Waals surface area contributed by atoms with Crippen molar-refractivity contribution in [3.05, 3.63) is 41.5 Å². The predicted molar refractivity (Wildman–Crippen MR) is 110 cm³/mol. The molecule has 0 N–H and O–H groups in total. The molecule has 8 nitrogen and oxygen atoms in total. The molecule has 0 bridgehead atoms. The fourth-order valence-corrected chi connectivity index (χ4v) is 4.27. The van der Waals surface area contributed by atoms with E-state index in [0.717, 1.165) is 24.7 Å². The second-order valence-electron chi connectivity index (χ2n) is 7.91. The van der Waals surface area contributed by atoms with E-state index in [2.05, 4.69) is 10.1 Å². The minimum Gasteiger partial charge on any atom is -0.341 e. The van der Waals surface area contributed by atoms with Gasteiger partial charge in [0.15, 0.2) is 5.82 Å². The van der Waals surface area contributed by atoms with Gasteiger partial charge in [-0.25, -0.2) is 8.42 Å². The van der Waals surface area contributed by atoms with Crippen molar-refractivity contribution < 1.29 is 17.7 Å². The number of hydrogen-bond donors (Lipinski definition) is 0. The number of amides is 1. The number of aromatic nitrogens is 2. The Labute approximate surface area is 171 Å². The lowest BCUT2D eigenvalue weighted by atomic mass is 9.96. The standard InChI is InChI=1S/C20H28N4O4S/c1-14(2)19-21-20(28-22-19)16-8-10-23(11-9-16)18(25)13-24(29(4,26)27)17-7-5-6-15(3)12-17/h5-7,12,14,16H,8-11,13H2,1-4H3. The summed E-state index contributed by atoms with van der Waals surface area (Å²) in [5.74, 6) is 1.45. The van der Waals surface area contributed by atoms with E-state index < -0.39 is 10.0 Å². The molecule has 1 aliphatic heterocycles. The van der Waals surface area contributed by atoms with Crippen LogP contribution in [0.15, 0.2) is 28.8 Å². The van der Waals surface area contributed by atoms with Gasteiger partial charge in [0.25, 0.3) is 0 Å². The summed E-state index contributed by atoms with van der Waals surface area (Å²) in [5, 5.41) is 4.01. The number of nitrogens with zero attached hydrogens (tertiary/aromatic N) is 4. The molecule has 0 unspecified atom stereocenters. The van der Waals surface area contributed by atoms with E-state index in [1.807, 2.05) is 26.8 Å². The molecule has 9 heteroatoms. The Hall–Kier alpha value is -2.42. The lowest BCUT2D eigenvalue weighted by Crippen LogP contribution is -2.45. The summed E-state index contributed by atoms with van der Waals surface area (Å²) in [6.07, 6.45) is 2.56. The molecule has 0 radical (unpaired) electrons. The first-order valence-corrected chi connectivity index (χ1v) is 11.7. The molecule has 29 heavy (non-hydrogen) atoms. The van der Waals surface area contributed by atoms with Crippen molar-refractivity contribution in [3.8, 4) is 0 Å². The number of likely N-dealkylation sites (tertiary alicyclic amines) is 1. The topological polar surface area (TPSA) is 96.6 Å². The van der Waals surface area contributed by atoms with Gasteiger partial charge in [0.2, 0.25) is 21.8 Å². The Morgan fingerprint density at radius 2 is 2.00 bits per heavy atom. The SMILES string of the molecule is Cc1cccc(N(CC(=O)N2CCC(c3nc(C(C)C)no3)CC2)S(C)(=O)=O)c1. The van der Waals surface area contributed by atoms with Crippen LogP contribution in [0.3, 0.4) is 0 Å². The molecule has 0 aliphatic carbocycles. The highest BCUT2D eigenvalue weighted by Gasteiger charge is 2.30. The normalized spacial score (nSPS) is 15.7. The van der Waals surface area contributed by atoms with Crippen molar-refractivity contribution in [1.29, 1.82) is 0 Å². The highest BCUT2D eigenvalue weighted by atomic mass is 32.2. The minimum atomic E-state index is -3.58. The number of sulfonamides is 1. The van der Waals surface area contributed by atoms with E-state index >= 15 is 0 Å². The average molecular weight is 421 g/mol. The van der Waals surface area contributed by atoms with Crippen LogP contribution in [0.1, 0.15) is 55.8 Å². The Morgan fingerprint density at radius 3 is 2.55 bits per heavy atom. The molecule has 2 aromatic rings. The number of anilines is 1. The van der Waals surface area contributed by atoms with Gasteiger partial charge in [-0.05, 0) is 37.5 Å². The summed E-state index contributed by atoms with van der Waals surface area (Å²) in [4.78, 5) is 19.0. The minimum absolute atomic E-state index is 0.127. The summed E-state index contributed by atoms with van der Waals surface area (Å²) >= 11 is 0. The zero-order valence-corrected chi connectivity index (χ0v) is 18.1. The van der Waals surface area contributed by atoms with Gasteiger partial charge in [-0.3, -0.25) is 9.10 Å². The highest BCUT2D eigenvalue weighted by Crippen LogP contribution is 2.28. The van der Waals surface area contributed by atoms with Crippen LogP contribution in [-0.2, 0) is 14.8 Å². The van der Waals surface area contributed by atoms with Gasteiger partial charge in [0, 0.05) is 24.9 Å². The Balaban J connectivity index is 1.64. The first-order chi connectivity index (χ1) is 13.6. The smallest absolute Gasteiger partial charge is 0.243 e. The van der Waals surface area contributed by atoms with E-state index in [4.69, 9.17) is 4.52 Å². The van der Waals surface area contributed by atoms with Crippen LogP contribution in [0.4, 0.5) is 5.69 Å². The summed E-state index contributed by atoms with van der Waals surface area (Å²) < 4.78 is 31.1.